The molecule has 2 N–H and O–H groups in total. The van der Waals surface area contributed by atoms with Gasteiger partial charge in [0.05, 0.1) is 13.2 Å². The quantitative estimate of drug-likeness (QED) is 0.693. The number of benzene rings is 1. The lowest BCUT2D eigenvalue weighted by Crippen LogP contribution is -2.36. The Kier molecular flexibility index (Phi) is 4.27. The normalized spacial score (nSPS) is 14.3. The molecule has 0 unspecified atom stereocenters. The second kappa shape index (κ2) is 5.48. The predicted molar refractivity (Wildman–Crippen MR) is 54.2 cm³/mol. The summed E-state index contributed by atoms with van der Waals surface area (Å²) in [5, 5.41) is 18.8. The van der Waals surface area contributed by atoms with E-state index in [1.807, 2.05) is 30.3 Å². The van der Waals surface area contributed by atoms with Crippen LogP contribution in [0.15, 0.2) is 30.3 Å². The topological polar surface area (TPSA) is 66.8 Å². The highest BCUT2D eigenvalue weighted by molar-refractivity contribution is 5.74. The van der Waals surface area contributed by atoms with Gasteiger partial charge < -0.3 is 14.9 Å². The molecule has 0 aliphatic rings. The third kappa shape index (κ3) is 3.34. The SMILES string of the molecule is COC(=O)[C@H](O)[C@@H](O)Cc1ccccc1. The highest BCUT2D eigenvalue weighted by Crippen LogP contribution is 2.06. The number of methoxy groups -OCH3 is 1. The van der Waals surface area contributed by atoms with Crippen molar-refractivity contribution in [3.8, 4) is 0 Å². The summed E-state index contributed by atoms with van der Waals surface area (Å²) >= 11 is 0. The Balaban J connectivity index is 2.56. The molecule has 1 aromatic rings. The number of carbonyl (C=O) groups excluding carboxylic acids is 1. The summed E-state index contributed by atoms with van der Waals surface area (Å²) in [7, 11) is 1.17. The summed E-state index contributed by atoms with van der Waals surface area (Å²) < 4.78 is 4.32. The molecule has 2 atom stereocenters. The summed E-state index contributed by atoms with van der Waals surface area (Å²) in [6, 6.07) is 9.13. The highest BCUT2D eigenvalue weighted by Gasteiger charge is 2.24. The van der Waals surface area contributed by atoms with E-state index in [0.29, 0.717) is 0 Å². The van der Waals surface area contributed by atoms with Crippen molar-refractivity contribution in [2.75, 3.05) is 7.11 Å². The van der Waals surface area contributed by atoms with Crippen LogP contribution in [0.4, 0.5) is 0 Å². The predicted octanol–water partition coefficient (Wildman–Crippen LogP) is 0.124. The number of hydrogen-bond acceptors (Lipinski definition) is 4. The zero-order valence-electron chi connectivity index (χ0n) is 8.46. The maximum absolute atomic E-state index is 10.9. The molecule has 82 valence electrons. The fourth-order valence-corrected chi connectivity index (χ4v) is 1.25. The molecule has 0 spiro atoms. The maximum Gasteiger partial charge on any atom is 0.337 e. The van der Waals surface area contributed by atoms with Crippen molar-refractivity contribution in [3.05, 3.63) is 35.9 Å². The van der Waals surface area contributed by atoms with Crippen molar-refractivity contribution in [3.63, 3.8) is 0 Å². The standard InChI is InChI=1S/C11H14O4/c1-15-11(14)10(13)9(12)7-8-5-3-2-4-6-8/h2-6,9-10,12-13H,7H2,1H3/t9-,10+/m0/s1. The van der Waals surface area contributed by atoms with E-state index in [9.17, 15) is 15.0 Å². The number of ether oxygens (including phenoxy) is 1. The molecule has 0 heterocycles. The monoisotopic (exact) mass is 210 g/mol. The van der Waals surface area contributed by atoms with Gasteiger partial charge in [0.2, 0.25) is 0 Å². The first kappa shape index (κ1) is 11.7. The number of rotatable bonds is 4. The second-order valence-electron chi connectivity index (χ2n) is 3.23. The zero-order chi connectivity index (χ0) is 11.3. The first-order valence-electron chi connectivity index (χ1n) is 4.63. The number of aliphatic hydroxyl groups is 2. The summed E-state index contributed by atoms with van der Waals surface area (Å²) in [4.78, 5) is 10.9. The number of esters is 1. The lowest BCUT2D eigenvalue weighted by molar-refractivity contribution is -0.156. The fourth-order valence-electron chi connectivity index (χ4n) is 1.25. The van der Waals surface area contributed by atoms with E-state index in [1.165, 1.54) is 7.11 Å². The van der Waals surface area contributed by atoms with Crippen LogP contribution < -0.4 is 0 Å². The lowest BCUT2D eigenvalue weighted by atomic mass is 10.0. The molecule has 0 aromatic heterocycles. The molecule has 0 bridgehead atoms. The van der Waals surface area contributed by atoms with Crippen LogP contribution in [0.2, 0.25) is 0 Å². The Morgan fingerprint density at radius 2 is 1.93 bits per heavy atom. The number of carbonyl (C=O) groups is 1. The Morgan fingerprint density at radius 1 is 1.33 bits per heavy atom. The number of aliphatic hydroxyl groups excluding tert-OH is 2. The third-order valence-corrected chi connectivity index (χ3v) is 2.09. The molecule has 0 aliphatic carbocycles. The molecular formula is C11H14O4. The summed E-state index contributed by atoms with van der Waals surface area (Å²) in [6.45, 7) is 0. The zero-order valence-corrected chi connectivity index (χ0v) is 8.46. The van der Waals surface area contributed by atoms with Crippen molar-refractivity contribution in [1.29, 1.82) is 0 Å². The van der Waals surface area contributed by atoms with Gasteiger partial charge in [0.1, 0.15) is 0 Å². The van der Waals surface area contributed by atoms with Crippen LogP contribution in [0.3, 0.4) is 0 Å². The van der Waals surface area contributed by atoms with Gasteiger partial charge in [-0.25, -0.2) is 4.79 Å². The summed E-state index contributed by atoms with van der Waals surface area (Å²) in [6.07, 6.45) is -2.41. The van der Waals surface area contributed by atoms with Crippen LogP contribution in [0, 0.1) is 0 Å². The average Bonchev–Trinajstić information content (AvgIpc) is 2.28. The molecule has 0 saturated carbocycles. The summed E-state index contributed by atoms with van der Waals surface area (Å²) in [5.74, 6) is -0.821. The maximum atomic E-state index is 10.9. The van der Waals surface area contributed by atoms with Crippen molar-refractivity contribution in [1.82, 2.24) is 0 Å². The first-order valence-corrected chi connectivity index (χ1v) is 4.63. The van der Waals surface area contributed by atoms with Gasteiger partial charge in [-0.1, -0.05) is 30.3 Å². The van der Waals surface area contributed by atoms with Crippen LogP contribution in [-0.2, 0) is 16.0 Å². The molecule has 15 heavy (non-hydrogen) atoms. The van der Waals surface area contributed by atoms with Gasteiger partial charge in [-0.05, 0) is 5.56 Å². The van der Waals surface area contributed by atoms with E-state index in [2.05, 4.69) is 4.74 Å². The smallest absolute Gasteiger partial charge is 0.337 e. The molecule has 4 heteroatoms. The van der Waals surface area contributed by atoms with Crippen LogP contribution in [-0.4, -0.2) is 35.5 Å². The fraction of sp³-hybridized carbons (Fsp3) is 0.364. The molecule has 1 rings (SSSR count). The Bertz CT molecular complexity index is 310. The molecule has 1 aromatic carbocycles. The summed E-state index contributed by atoms with van der Waals surface area (Å²) in [5.41, 5.74) is 0.855. The van der Waals surface area contributed by atoms with E-state index >= 15 is 0 Å². The second-order valence-corrected chi connectivity index (χ2v) is 3.23. The van der Waals surface area contributed by atoms with Crippen molar-refractivity contribution in [2.45, 2.75) is 18.6 Å². The van der Waals surface area contributed by atoms with E-state index in [-0.39, 0.29) is 6.42 Å². The van der Waals surface area contributed by atoms with E-state index < -0.39 is 18.2 Å². The first-order chi connectivity index (χ1) is 7.15. The van der Waals surface area contributed by atoms with Crippen LogP contribution in [0.5, 0.6) is 0 Å². The average molecular weight is 210 g/mol. The van der Waals surface area contributed by atoms with E-state index in [4.69, 9.17) is 0 Å². The number of hydrogen-bond donors (Lipinski definition) is 2. The van der Waals surface area contributed by atoms with E-state index in [0.717, 1.165) is 5.56 Å². The van der Waals surface area contributed by atoms with Gasteiger partial charge in [0, 0.05) is 6.42 Å². The van der Waals surface area contributed by atoms with Crippen LogP contribution in [0.25, 0.3) is 0 Å². The molecule has 0 fully saturated rings. The molecule has 0 amide bonds. The third-order valence-electron chi connectivity index (χ3n) is 2.09. The molecule has 0 aliphatic heterocycles. The Labute approximate surface area is 88.1 Å². The molecule has 0 radical (unpaired) electrons. The van der Waals surface area contributed by atoms with Crippen molar-refractivity contribution < 1.29 is 19.7 Å². The van der Waals surface area contributed by atoms with Gasteiger partial charge in [-0.3, -0.25) is 0 Å². The highest BCUT2D eigenvalue weighted by atomic mass is 16.5. The van der Waals surface area contributed by atoms with Gasteiger partial charge in [0.15, 0.2) is 6.10 Å². The largest absolute Gasteiger partial charge is 0.467 e. The minimum Gasteiger partial charge on any atom is -0.467 e. The van der Waals surface area contributed by atoms with Gasteiger partial charge in [-0.15, -0.1) is 0 Å². The minimum atomic E-state index is -1.49. The molecular weight excluding hydrogens is 196 g/mol. The molecule has 0 saturated heterocycles. The minimum absolute atomic E-state index is 0.219. The van der Waals surface area contributed by atoms with Gasteiger partial charge >= 0.3 is 5.97 Å². The lowest BCUT2D eigenvalue weighted by Gasteiger charge is -2.15. The Morgan fingerprint density at radius 3 is 2.47 bits per heavy atom. The van der Waals surface area contributed by atoms with Crippen molar-refractivity contribution in [2.24, 2.45) is 0 Å². The molecule has 4 nitrogen and oxygen atoms in total. The Hall–Kier alpha value is -1.39. The van der Waals surface area contributed by atoms with Crippen LogP contribution in [0.1, 0.15) is 5.56 Å². The van der Waals surface area contributed by atoms with Crippen molar-refractivity contribution >= 4 is 5.97 Å². The van der Waals surface area contributed by atoms with Gasteiger partial charge in [-0.2, -0.15) is 0 Å². The van der Waals surface area contributed by atoms with Gasteiger partial charge in [0.25, 0.3) is 0 Å². The van der Waals surface area contributed by atoms with Crippen LogP contribution >= 0.6 is 0 Å². The van der Waals surface area contributed by atoms with E-state index in [1.54, 1.807) is 0 Å².